The van der Waals surface area contributed by atoms with E-state index in [1.54, 1.807) is 43.5 Å². The molecule has 1 aromatic carbocycles. The molecule has 0 N–H and O–H groups in total. The molecule has 2 aromatic rings. The second kappa shape index (κ2) is 9.04. The summed E-state index contributed by atoms with van der Waals surface area (Å²) in [6.07, 6.45) is 1.37. The summed E-state index contributed by atoms with van der Waals surface area (Å²) in [6.45, 7) is 2.38. The van der Waals surface area contributed by atoms with E-state index in [9.17, 15) is 13.2 Å². The molecule has 1 fully saturated rings. The quantitative estimate of drug-likeness (QED) is 0.500. The number of sulfonamides is 1. The van der Waals surface area contributed by atoms with Crippen molar-refractivity contribution in [3.05, 3.63) is 48.2 Å². The standard InChI is InChI=1S/C19H23N3O4S2/c1-21-8-10-22(11-9-21)28(24,25)17-6-7-19(20-13-17)27-14-18(23)15-4-3-5-16(12-15)26-2/h3-7,12-13H,8-11,14H2,1-2H3. The lowest BCUT2D eigenvalue weighted by Gasteiger charge is -2.31. The highest BCUT2D eigenvalue weighted by atomic mass is 32.2. The number of benzene rings is 1. The zero-order chi connectivity index (χ0) is 20.1. The monoisotopic (exact) mass is 421 g/mol. The van der Waals surface area contributed by atoms with E-state index in [1.807, 2.05) is 7.05 Å². The number of likely N-dealkylation sites (N-methyl/N-ethyl adjacent to an activating group) is 1. The third-order valence-electron chi connectivity index (χ3n) is 4.55. The molecule has 1 aromatic heterocycles. The molecule has 150 valence electrons. The minimum absolute atomic E-state index is 0.0418. The molecule has 0 spiro atoms. The van der Waals surface area contributed by atoms with Gasteiger partial charge in [-0.25, -0.2) is 13.4 Å². The number of hydrogen-bond donors (Lipinski definition) is 0. The molecule has 0 bridgehead atoms. The SMILES string of the molecule is COc1cccc(C(=O)CSc2ccc(S(=O)(=O)N3CCN(C)CC3)cn2)c1. The Kier molecular flexibility index (Phi) is 6.71. The topological polar surface area (TPSA) is 79.8 Å². The van der Waals surface area contributed by atoms with Gasteiger partial charge in [0.05, 0.1) is 17.9 Å². The first-order valence-electron chi connectivity index (χ1n) is 8.85. The normalized spacial score (nSPS) is 16.1. The van der Waals surface area contributed by atoms with Crippen LogP contribution in [0.5, 0.6) is 5.75 Å². The van der Waals surface area contributed by atoms with Gasteiger partial charge in [0.2, 0.25) is 10.0 Å². The third kappa shape index (κ3) is 4.91. The van der Waals surface area contributed by atoms with Crippen molar-refractivity contribution in [3.63, 3.8) is 0 Å². The summed E-state index contributed by atoms with van der Waals surface area (Å²) in [5.74, 6) is 0.803. The van der Waals surface area contributed by atoms with Crippen molar-refractivity contribution in [2.75, 3.05) is 46.1 Å². The van der Waals surface area contributed by atoms with Crippen LogP contribution in [0.1, 0.15) is 10.4 Å². The zero-order valence-corrected chi connectivity index (χ0v) is 17.5. The van der Waals surface area contributed by atoms with Gasteiger partial charge >= 0.3 is 0 Å². The predicted molar refractivity (Wildman–Crippen MR) is 109 cm³/mol. The number of ketones is 1. The molecule has 7 nitrogen and oxygen atoms in total. The molecule has 1 saturated heterocycles. The number of pyridine rings is 1. The van der Waals surface area contributed by atoms with Gasteiger partial charge in [0.1, 0.15) is 10.6 Å². The molecule has 0 unspecified atom stereocenters. The molecule has 1 aliphatic heterocycles. The van der Waals surface area contributed by atoms with Crippen LogP contribution in [-0.4, -0.2) is 74.5 Å². The molecule has 1 aliphatic rings. The van der Waals surface area contributed by atoms with Crippen LogP contribution in [0.25, 0.3) is 0 Å². The number of carbonyl (C=O) groups excluding carboxylic acids is 1. The highest BCUT2D eigenvalue weighted by Crippen LogP contribution is 2.22. The van der Waals surface area contributed by atoms with Crippen LogP contribution in [0.3, 0.4) is 0 Å². The Bertz CT molecular complexity index is 924. The maximum Gasteiger partial charge on any atom is 0.244 e. The molecule has 0 amide bonds. The number of methoxy groups -OCH3 is 1. The lowest BCUT2D eigenvalue weighted by Crippen LogP contribution is -2.47. The fraction of sp³-hybridized carbons (Fsp3) is 0.368. The fourth-order valence-electron chi connectivity index (χ4n) is 2.80. The van der Waals surface area contributed by atoms with Crippen LogP contribution in [0.4, 0.5) is 0 Å². The van der Waals surface area contributed by atoms with E-state index < -0.39 is 10.0 Å². The Hall–Kier alpha value is -1.94. The Morgan fingerprint density at radius 3 is 2.57 bits per heavy atom. The van der Waals surface area contributed by atoms with Crippen molar-refractivity contribution in [1.29, 1.82) is 0 Å². The average Bonchev–Trinajstić information content (AvgIpc) is 2.72. The fourth-order valence-corrected chi connectivity index (χ4v) is 4.91. The average molecular weight is 422 g/mol. The minimum Gasteiger partial charge on any atom is -0.497 e. The number of nitrogens with zero attached hydrogens (tertiary/aromatic N) is 3. The van der Waals surface area contributed by atoms with Gasteiger partial charge in [-0.15, -0.1) is 0 Å². The van der Waals surface area contributed by atoms with Crippen LogP contribution in [-0.2, 0) is 10.0 Å². The Balaban J connectivity index is 1.62. The summed E-state index contributed by atoms with van der Waals surface area (Å²) in [6, 6.07) is 10.2. The summed E-state index contributed by atoms with van der Waals surface area (Å²) >= 11 is 1.28. The highest BCUT2D eigenvalue weighted by molar-refractivity contribution is 7.99. The van der Waals surface area contributed by atoms with E-state index in [2.05, 4.69) is 9.88 Å². The Morgan fingerprint density at radius 2 is 1.93 bits per heavy atom. The molecule has 3 rings (SSSR count). The van der Waals surface area contributed by atoms with Crippen molar-refractivity contribution in [2.24, 2.45) is 0 Å². The van der Waals surface area contributed by atoms with Crippen molar-refractivity contribution in [2.45, 2.75) is 9.92 Å². The van der Waals surface area contributed by atoms with Crippen molar-refractivity contribution < 1.29 is 17.9 Å². The number of hydrogen-bond acceptors (Lipinski definition) is 7. The van der Waals surface area contributed by atoms with Gasteiger partial charge in [-0.1, -0.05) is 23.9 Å². The summed E-state index contributed by atoms with van der Waals surface area (Å²) < 4.78 is 32.0. The summed E-state index contributed by atoms with van der Waals surface area (Å²) in [5.41, 5.74) is 0.570. The maximum atomic E-state index is 12.7. The van der Waals surface area contributed by atoms with Gasteiger partial charge in [-0.3, -0.25) is 4.79 Å². The first kappa shape index (κ1) is 20.8. The van der Waals surface area contributed by atoms with Crippen LogP contribution in [0, 0.1) is 0 Å². The van der Waals surface area contributed by atoms with Gasteiger partial charge in [0.15, 0.2) is 5.78 Å². The van der Waals surface area contributed by atoms with Crippen molar-refractivity contribution >= 4 is 27.6 Å². The lowest BCUT2D eigenvalue weighted by atomic mass is 10.1. The largest absolute Gasteiger partial charge is 0.497 e. The summed E-state index contributed by atoms with van der Waals surface area (Å²) in [4.78, 5) is 18.8. The molecule has 28 heavy (non-hydrogen) atoms. The molecular formula is C19H23N3O4S2. The van der Waals surface area contributed by atoms with Gasteiger partial charge in [0, 0.05) is 37.9 Å². The highest BCUT2D eigenvalue weighted by Gasteiger charge is 2.27. The number of ether oxygens (including phenoxy) is 1. The number of rotatable bonds is 7. The lowest BCUT2D eigenvalue weighted by molar-refractivity contribution is 0.102. The van der Waals surface area contributed by atoms with Crippen LogP contribution in [0.2, 0.25) is 0 Å². The summed E-state index contributed by atoms with van der Waals surface area (Å²) in [5, 5.41) is 0.605. The van der Waals surface area contributed by atoms with Gasteiger partial charge < -0.3 is 9.64 Å². The Labute approximate surface area is 169 Å². The van der Waals surface area contributed by atoms with E-state index in [-0.39, 0.29) is 16.4 Å². The van der Waals surface area contributed by atoms with Gasteiger partial charge in [-0.2, -0.15) is 4.31 Å². The van der Waals surface area contributed by atoms with E-state index in [4.69, 9.17) is 4.74 Å². The molecule has 0 radical (unpaired) electrons. The molecule has 0 aliphatic carbocycles. The number of thioether (sulfide) groups is 1. The second-order valence-electron chi connectivity index (χ2n) is 6.48. The molecule has 9 heteroatoms. The molecular weight excluding hydrogens is 398 g/mol. The number of Topliss-reactive ketones (excluding diaryl/α,β-unsaturated/α-hetero) is 1. The van der Waals surface area contributed by atoms with E-state index >= 15 is 0 Å². The van der Waals surface area contributed by atoms with Gasteiger partial charge in [-0.05, 0) is 31.3 Å². The third-order valence-corrected chi connectivity index (χ3v) is 7.38. The van der Waals surface area contributed by atoms with E-state index in [0.717, 1.165) is 0 Å². The molecule has 0 atom stereocenters. The Morgan fingerprint density at radius 1 is 1.18 bits per heavy atom. The van der Waals surface area contributed by atoms with Crippen LogP contribution in [0.15, 0.2) is 52.5 Å². The summed E-state index contributed by atoms with van der Waals surface area (Å²) in [7, 11) is 0.00200. The van der Waals surface area contributed by atoms with E-state index in [1.165, 1.54) is 22.3 Å². The van der Waals surface area contributed by atoms with E-state index in [0.29, 0.717) is 42.5 Å². The van der Waals surface area contributed by atoms with Crippen molar-refractivity contribution in [3.8, 4) is 5.75 Å². The maximum absolute atomic E-state index is 12.7. The second-order valence-corrected chi connectivity index (χ2v) is 9.42. The number of piperazine rings is 1. The number of aromatic nitrogens is 1. The zero-order valence-electron chi connectivity index (χ0n) is 15.9. The van der Waals surface area contributed by atoms with Crippen LogP contribution >= 0.6 is 11.8 Å². The number of carbonyl (C=O) groups is 1. The smallest absolute Gasteiger partial charge is 0.244 e. The first-order chi connectivity index (χ1) is 13.4. The van der Waals surface area contributed by atoms with Crippen LogP contribution < -0.4 is 4.74 Å². The van der Waals surface area contributed by atoms with Gasteiger partial charge in [0.25, 0.3) is 0 Å². The predicted octanol–water partition coefficient (Wildman–Crippen LogP) is 2.00. The molecule has 2 heterocycles. The first-order valence-corrected chi connectivity index (χ1v) is 11.3. The van der Waals surface area contributed by atoms with Crippen molar-refractivity contribution in [1.82, 2.24) is 14.2 Å². The molecule has 0 saturated carbocycles. The minimum atomic E-state index is -3.53.